The molecule has 10 rings (SSSR count). The first-order valence-electron chi connectivity index (χ1n) is 22.0. The van der Waals surface area contributed by atoms with Crippen LogP contribution >= 0.6 is 0 Å². The number of carbonyl (C=O) groups is 3. The number of esters is 3. The van der Waals surface area contributed by atoms with Gasteiger partial charge in [-0.25, -0.2) is 4.79 Å². The van der Waals surface area contributed by atoms with Crippen LogP contribution < -0.4 is 9.64 Å². The molecule has 6 aliphatic heterocycles. The molecule has 0 amide bonds. The monoisotopic (exact) mass is 906 g/mol. The highest BCUT2D eigenvalue weighted by Gasteiger charge is 2.80. The molecule has 4 fully saturated rings. The highest BCUT2D eigenvalue weighted by atomic mass is 32.3. The fourth-order valence-corrected chi connectivity index (χ4v) is 13.9. The number of nitrogens with zero attached hydrogens (tertiary/aromatic N) is 3. The van der Waals surface area contributed by atoms with Gasteiger partial charge in [0.2, 0.25) is 5.60 Å². The van der Waals surface area contributed by atoms with Crippen molar-refractivity contribution in [3.05, 3.63) is 70.9 Å². The summed E-state index contributed by atoms with van der Waals surface area (Å²) in [5.74, 6) is -1.37. The molecule has 2 aromatic carbocycles. The first kappa shape index (κ1) is 44.6. The Hall–Kier alpha value is -4.56. The number of piperidine rings is 1. The SMILES string of the molecule is CC[C@]12CN3CCc4c([nH]c5ccccc45)[C@@](C(=O)OC)(c4cc5c(cc4OC)N(C)[C@H]4[C@@](O)(C(=O)OC)[C@H](OC(C)=O)[C@]6(CC)C=CCN7CC[C@]54[C@@H]76)C[C@@H](C3)[C@H]1O2.O=S(=O)(O)O. The molecule has 7 aliphatic rings. The van der Waals surface area contributed by atoms with Crippen LogP contribution in [0.15, 0.2) is 48.6 Å². The molecule has 11 atom stereocenters. The van der Waals surface area contributed by atoms with E-state index in [0.717, 1.165) is 59.5 Å². The standard InChI is InChI=1S/C46H56N4O9.H2O4S/c1-8-42-16-12-18-50-20-17-44(37(42)50)30-21-31(34(55-5)22-33(30)48(4)38(44)46(54,41(53)57-7)39(42)58-26(3)51)45(40(52)56-6)23-27-24-49(25-43(9-2)36(27)59-43)19-15-29-28-13-10-11-14-32(28)47-35(29)45;1-5(2,3)4/h10-14,16,21-22,27,36-39,47,54H,8-9,15,17-20,23-25H2,1-7H3;(H2,1,2,3,4)/t27-,36+,37-,38+,39+,42+,43-,44+,45-,46-;/m0./s1. The van der Waals surface area contributed by atoms with Crippen molar-refractivity contribution in [2.24, 2.45) is 11.3 Å². The van der Waals surface area contributed by atoms with E-state index in [4.69, 9.17) is 41.2 Å². The van der Waals surface area contributed by atoms with E-state index in [2.05, 4.69) is 52.1 Å². The van der Waals surface area contributed by atoms with Crippen LogP contribution in [0.4, 0.5) is 5.69 Å². The number of carbonyl (C=O) groups excluding carboxylic acids is 3. The number of nitrogens with one attached hydrogen (secondary N) is 1. The van der Waals surface area contributed by atoms with Crippen LogP contribution in [0.25, 0.3) is 10.9 Å². The van der Waals surface area contributed by atoms with Crippen LogP contribution in [-0.4, -0.2) is 152 Å². The summed E-state index contributed by atoms with van der Waals surface area (Å²) in [6.45, 7) is 9.32. The molecule has 4 N–H and O–H groups in total. The number of benzene rings is 2. The number of fused-ring (bicyclic) bond motifs is 8. The van der Waals surface area contributed by atoms with E-state index in [-0.39, 0.29) is 23.7 Å². The Morgan fingerprint density at radius 1 is 0.984 bits per heavy atom. The van der Waals surface area contributed by atoms with Gasteiger partial charge < -0.3 is 38.7 Å². The van der Waals surface area contributed by atoms with Gasteiger partial charge in [0.1, 0.15) is 16.8 Å². The largest absolute Gasteiger partial charge is 0.496 e. The number of para-hydroxylation sites is 1. The maximum Gasteiger partial charge on any atom is 0.394 e. The fourth-order valence-electron chi connectivity index (χ4n) is 13.9. The topological polar surface area (TPSA) is 221 Å². The highest BCUT2D eigenvalue weighted by Crippen LogP contribution is 2.68. The summed E-state index contributed by atoms with van der Waals surface area (Å²) < 4.78 is 62.3. The number of anilines is 1. The van der Waals surface area contributed by atoms with Crippen molar-refractivity contribution in [1.82, 2.24) is 14.8 Å². The van der Waals surface area contributed by atoms with Gasteiger partial charge in [0, 0.05) is 96.9 Å². The second-order valence-corrected chi connectivity index (χ2v) is 19.6. The summed E-state index contributed by atoms with van der Waals surface area (Å²) in [6, 6.07) is 11.2. The molecule has 0 radical (unpaired) electrons. The number of hydrogen-bond acceptors (Lipinski definition) is 14. The van der Waals surface area contributed by atoms with Gasteiger partial charge in [-0.1, -0.05) is 44.2 Å². The third-order valence-corrected chi connectivity index (χ3v) is 16.0. The molecule has 18 heteroatoms. The normalized spacial score (nSPS) is 36.6. The minimum absolute atomic E-state index is 0.00603. The number of H-pyrrole nitrogens is 1. The van der Waals surface area contributed by atoms with Gasteiger partial charge >= 0.3 is 28.3 Å². The van der Waals surface area contributed by atoms with Gasteiger partial charge in [-0.2, -0.15) is 8.42 Å². The molecular weight excluding hydrogens is 849 g/mol. The van der Waals surface area contributed by atoms with Crippen LogP contribution in [0.3, 0.4) is 0 Å². The number of aromatic amines is 1. The zero-order chi connectivity index (χ0) is 45.9. The number of hydrogen-bond donors (Lipinski definition) is 4. The fraction of sp³-hybridized carbons (Fsp3) is 0.587. The van der Waals surface area contributed by atoms with Crippen LogP contribution in [-0.2, 0) is 61.0 Å². The maximum absolute atomic E-state index is 15.4. The van der Waals surface area contributed by atoms with Gasteiger partial charge in [-0.05, 0) is 61.9 Å². The Labute approximate surface area is 372 Å². The van der Waals surface area contributed by atoms with E-state index in [9.17, 15) is 14.7 Å². The molecule has 64 heavy (non-hydrogen) atoms. The first-order valence-corrected chi connectivity index (χ1v) is 23.4. The van der Waals surface area contributed by atoms with E-state index < -0.39 is 62.3 Å². The summed E-state index contributed by atoms with van der Waals surface area (Å²) in [5.41, 5.74) is -0.627. The summed E-state index contributed by atoms with van der Waals surface area (Å²) in [4.78, 5) is 53.5. The molecule has 3 saturated heterocycles. The number of epoxide rings is 1. The second-order valence-electron chi connectivity index (χ2n) is 18.7. The molecule has 1 aliphatic carbocycles. The number of ether oxygens (including phenoxy) is 5. The summed E-state index contributed by atoms with van der Waals surface area (Å²) >= 11 is 0. The lowest BCUT2D eigenvalue weighted by molar-refractivity contribution is -0.228. The van der Waals surface area contributed by atoms with Crippen molar-refractivity contribution in [2.75, 3.05) is 66.0 Å². The number of likely N-dealkylation sites (N-methyl/N-ethyl adjacent to an activating group) is 1. The molecule has 7 heterocycles. The third kappa shape index (κ3) is 6.08. The van der Waals surface area contributed by atoms with Crippen molar-refractivity contribution >= 4 is 44.9 Å². The quantitative estimate of drug-likeness (QED) is 0.0878. The van der Waals surface area contributed by atoms with Crippen LogP contribution in [0, 0.1) is 11.3 Å². The van der Waals surface area contributed by atoms with Gasteiger partial charge in [0.15, 0.2) is 6.10 Å². The molecule has 3 aromatic rings. The molecular formula is C46H58N4O13S. The Morgan fingerprint density at radius 2 is 1.70 bits per heavy atom. The molecule has 346 valence electrons. The van der Waals surface area contributed by atoms with Crippen LogP contribution in [0.5, 0.6) is 5.75 Å². The van der Waals surface area contributed by atoms with Crippen LogP contribution in [0.2, 0.25) is 0 Å². The van der Waals surface area contributed by atoms with E-state index in [1.165, 1.54) is 21.1 Å². The number of aliphatic hydroxyl groups is 1. The minimum atomic E-state index is -4.67. The molecule has 17 nitrogen and oxygen atoms in total. The predicted octanol–water partition coefficient (Wildman–Crippen LogP) is 3.35. The number of rotatable bonds is 7. The first-order chi connectivity index (χ1) is 30.3. The number of aromatic nitrogens is 1. The van der Waals surface area contributed by atoms with Gasteiger partial charge in [0.05, 0.1) is 33.5 Å². The molecule has 1 saturated carbocycles. The van der Waals surface area contributed by atoms with E-state index >= 15 is 4.79 Å². The van der Waals surface area contributed by atoms with Crippen molar-refractivity contribution in [3.8, 4) is 5.75 Å². The lowest BCUT2D eigenvalue weighted by Gasteiger charge is -2.63. The Bertz CT molecular complexity index is 2560. The van der Waals surface area contributed by atoms with Gasteiger partial charge in [-0.3, -0.25) is 28.5 Å². The molecule has 1 unspecified atom stereocenters. The lowest BCUT2D eigenvalue weighted by atomic mass is 9.47. The Balaban J connectivity index is 0.000000984. The zero-order valence-corrected chi connectivity index (χ0v) is 38.1. The Morgan fingerprint density at radius 3 is 2.36 bits per heavy atom. The van der Waals surface area contributed by atoms with E-state index in [1.807, 2.05) is 37.1 Å². The average molecular weight is 907 g/mol. The predicted molar refractivity (Wildman–Crippen MR) is 233 cm³/mol. The molecule has 1 spiro atoms. The van der Waals surface area contributed by atoms with E-state index in [1.54, 1.807) is 7.11 Å². The molecule has 1 aromatic heterocycles. The van der Waals surface area contributed by atoms with Gasteiger partial charge in [-0.15, -0.1) is 0 Å². The Kier molecular flexibility index (Phi) is 10.6. The summed E-state index contributed by atoms with van der Waals surface area (Å²) in [7, 11) is 1.57. The van der Waals surface area contributed by atoms with Gasteiger partial charge in [0.25, 0.3) is 0 Å². The van der Waals surface area contributed by atoms with Crippen LogP contribution in [0.1, 0.15) is 68.8 Å². The second kappa shape index (κ2) is 15.3. The van der Waals surface area contributed by atoms with Crippen molar-refractivity contribution in [1.29, 1.82) is 0 Å². The lowest BCUT2D eigenvalue weighted by Crippen LogP contribution is -2.81. The highest BCUT2D eigenvalue weighted by molar-refractivity contribution is 7.79. The molecule has 2 bridgehead atoms. The third-order valence-electron chi connectivity index (χ3n) is 16.0. The van der Waals surface area contributed by atoms with Crippen molar-refractivity contribution in [2.45, 2.75) is 99.2 Å². The summed E-state index contributed by atoms with van der Waals surface area (Å²) in [6.07, 6.45) is 5.94. The maximum atomic E-state index is 15.4. The average Bonchev–Trinajstić information content (AvgIpc) is 3.55. The minimum Gasteiger partial charge on any atom is -0.496 e. The van der Waals surface area contributed by atoms with Crippen molar-refractivity contribution < 1.29 is 60.7 Å². The van der Waals surface area contributed by atoms with E-state index in [0.29, 0.717) is 50.1 Å². The van der Waals surface area contributed by atoms with Crippen molar-refractivity contribution in [3.63, 3.8) is 0 Å². The number of methoxy groups -OCH3 is 3. The summed E-state index contributed by atoms with van der Waals surface area (Å²) in [5, 5.41) is 14.4. The smallest absolute Gasteiger partial charge is 0.394 e. The zero-order valence-electron chi connectivity index (χ0n) is 37.3.